The summed E-state index contributed by atoms with van der Waals surface area (Å²) in [4.78, 5) is 0. The fourth-order valence-corrected chi connectivity index (χ4v) is 1.88. The van der Waals surface area contributed by atoms with E-state index in [1.807, 2.05) is 20.8 Å². The Morgan fingerprint density at radius 3 is 2.50 bits per heavy atom. The van der Waals surface area contributed by atoms with Gasteiger partial charge in [0, 0.05) is 19.7 Å². The van der Waals surface area contributed by atoms with E-state index in [1.165, 1.54) is 0 Å². The Labute approximate surface area is 99.0 Å². The molecule has 1 heterocycles. The van der Waals surface area contributed by atoms with Gasteiger partial charge >= 0.3 is 0 Å². The SMILES string of the molecule is [B][C@@H]1O[C@H](COCC)C(OC)C1OC(C)C. The van der Waals surface area contributed by atoms with Crippen LogP contribution in [0.1, 0.15) is 20.8 Å². The van der Waals surface area contributed by atoms with Gasteiger partial charge in [0.1, 0.15) is 26.2 Å². The van der Waals surface area contributed by atoms with Crippen LogP contribution in [0.5, 0.6) is 0 Å². The van der Waals surface area contributed by atoms with Crippen molar-refractivity contribution >= 4 is 7.85 Å². The highest BCUT2D eigenvalue weighted by molar-refractivity contribution is 6.11. The van der Waals surface area contributed by atoms with E-state index in [9.17, 15) is 0 Å². The van der Waals surface area contributed by atoms with Crippen LogP contribution >= 0.6 is 0 Å². The van der Waals surface area contributed by atoms with E-state index in [-0.39, 0.29) is 24.4 Å². The van der Waals surface area contributed by atoms with Crippen molar-refractivity contribution in [3.63, 3.8) is 0 Å². The smallest absolute Gasteiger partial charge is 0.113 e. The highest BCUT2D eigenvalue weighted by Gasteiger charge is 2.43. The van der Waals surface area contributed by atoms with Gasteiger partial charge in [-0.15, -0.1) is 0 Å². The molecule has 0 bridgehead atoms. The molecule has 1 rings (SSSR count). The first-order valence-electron chi connectivity index (χ1n) is 5.77. The molecular formula is C11H21BO4. The van der Waals surface area contributed by atoms with Crippen LogP contribution in [0.4, 0.5) is 0 Å². The monoisotopic (exact) mass is 228 g/mol. The lowest BCUT2D eigenvalue weighted by atomic mass is 9.92. The van der Waals surface area contributed by atoms with Gasteiger partial charge in [0.2, 0.25) is 0 Å². The summed E-state index contributed by atoms with van der Waals surface area (Å²) in [6.45, 7) is 7.02. The number of ether oxygens (including phenoxy) is 4. The summed E-state index contributed by atoms with van der Waals surface area (Å²) < 4.78 is 22.0. The summed E-state index contributed by atoms with van der Waals surface area (Å²) in [7, 11) is 7.51. The minimum absolute atomic E-state index is 0.100. The van der Waals surface area contributed by atoms with Crippen molar-refractivity contribution in [2.45, 2.75) is 51.2 Å². The highest BCUT2D eigenvalue weighted by Crippen LogP contribution is 2.25. The van der Waals surface area contributed by atoms with Crippen molar-refractivity contribution in [1.82, 2.24) is 0 Å². The maximum atomic E-state index is 5.87. The van der Waals surface area contributed by atoms with E-state index in [4.69, 9.17) is 26.8 Å². The first kappa shape index (κ1) is 14.0. The molecule has 4 nitrogen and oxygen atoms in total. The van der Waals surface area contributed by atoms with Crippen LogP contribution in [0.25, 0.3) is 0 Å². The van der Waals surface area contributed by atoms with Gasteiger partial charge in [-0.3, -0.25) is 0 Å². The van der Waals surface area contributed by atoms with Crippen molar-refractivity contribution in [1.29, 1.82) is 0 Å². The molecule has 0 aliphatic carbocycles. The summed E-state index contributed by atoms with van der Waals surface area (Å²) in [6.07, 6.45) is -0.439. The third-order valence-corrected chi connectivity index (χ3v) is 2.53. The summed E-state index contributed by atoms with van der Waals surface area (Å²) in [5, 5.41) is 0. The molecule has 2 unspecified atom stereocenters. The van der Waals surface area contributed by atoms with Gasteiger partial charge < -0.3 is 18.9 Å². The lowest BCUT2D eigenvalue weighted by Gasteiger charge is -2.24. The maximum absolute atomic E-state index is 5.87. The molecule has 2 radical (unpaired) electrons. The Balaban J connectivity index is 2.56. The van der Waals surface area contributed by atoms with Crippen LogP contribution in [0.15, 0.2) is 0 Å². The average Bonchev–Trinajstić information content (AvgIpc) is 2.51. The molecule has 0 aromatic carbocycles. The lowest BCUT2D eigenvalue weighted by Crippen LogP contribution is -2.39. The highest BCUT2D eigenvalue weighted by atomic mass is 16.6. The van der Waals surface area contributed by atoms with Crippen LogP contribution in [0.3, 0.4) is 0 Å². The van der Waals surface area contributed by atoms with E-state index in [0.717, 1.165) is 0 Å². The zero-order valence-electron chi connectivity index (χ0n) is 10.5. The molecule has 1 saturated heterocycles. The second-order valence-electron chi connectivity index (χ2n) is 4.15. The number of methoxy groups -OCH3 is 1. The third-order valence-electron chi connectivity index (χ3n) is 2.53. The van der Waals surface area contributed by atoms with Crippen LogP contribution in [0.2, 0.25) is 0 Å². The molecule has 92 valence electrons. The second-order valence-corrected chi connectivity index (χ2v) is 4.15. The minimum atomic E-state index is -0.446. The molecule has 0 N–H and O–H groups in total. The molecular weight excluding hydrogens is 207 g/mol. The zero-order chi connectivity index (χ0) is 12.1. The Bertz CT molecular complexity index is 200. The molecule has 16 heavy (non-hydrogen) atoms. The Morgan fingerprint density at radius 1 is 1.31 bits per heavy atom. The van der Waals surface area contributed by atoms with Crippen molar-refractivity contribution < 1.29 is 18.9 Å². The lowest BCUT2D eigenvalue weighted by molar-refractivity contribution is -0.0743. The first-order chi connectivity index (χ1) is 7.60. The Hall–Kier alpha value is -0.0951. The van der Waals surface area contributed by atoms with Gasteiger partial charge in [-0.05, 0) is 20.8 Å². The van der Waals surface area contributed by atoms with Crippen molar-refractivity contribution in [2.24, 2.45) is 0 Å². The molecule has 0 amide bonds. The Kier molecular flexibility index (Phi) is 5.76. The molecule has 0 spiro atoms. The molecule has 4 atom stereocenters. The van der Waals surface area contributed by atoms with Gasteiger partial charge in [0.15, 0.2) is 0 Å². The molecule has 0 saturated carbocycles. The zero-order valence-corrected chi connectivity index (χ0v) is 10.5. The predicted octanol–water partition coefficient (Wildman–Crippen LogP) is 0.725. The van der Waals surface area contributed by atoms with Crippen LogP contribution in [-0.4, -0.2) is 58.6 Å². The summed E-state index contributed by atoms with van der Waals surface area (Å²) in [5.41, 5.74) is 0. The van der Waals surface area contributed by atoms with Crippen LogP contribution < -0.4 is 0 Å². The fraction of sp³-hybridized carbons (Fsp3) is 1.00. The molecule has 0 aromatic heterocycles. The van der Waals surface area contributed by atoms with E-state index >= 15 is 0 Å². The number of hydrogen-bond donors (Lipinski definition) is 0. The van der Waals surface area contributed by atoms with Gasteiger partial charge in [0.05, 0.1) is 12.7 Å². The molecule has 1 aliphatic heterocycles. The van der Waals surface area contributed by atoms with Crippen molar-refractivity contribution in [3.05, 3.63) is 0 Å². The number of rotatable bonds is 6. The largest absolute Gasteiger partial charge is 0.379 e. The molecule has 1 aliphatic rings. The second kappa shape index (κ2) is 6.59. The summed E-state index contributed by atoms with van der Waals surface area (Å²) in [6, 6.07) is -0.446. The van der Waals surface area contributed by atoms with Crippen LogP contribution in [0, 0.1) is 0 Å². The molecule has 5 heteroatoms. The van der Waals surface area contributed by atoms with Crippen molar-refractivity contribution in [2.75, 3.05) is 20.3 Å². The maximum Gasteiger partial charge on any atom is 0.113 e. The number of hydrogen-bond acceptors (Lipinski definition) is 4. The average molecular weight is 228 g/mol. The van der Waals surface area contributed by atoms with Crippen molar-refractivity contribution in [3.8, 4) is 0 Å². The standard InChI is InChI=1S/C11H21BO4/c1-5-14-6-8-9(13-4)10(11(12)16-8)15-7(2)3/h7-11H,5-6H2,1-4H3/t8-,9?,10?,11-/m1/s1. The minimum Gasteiger partial charge on any atom is -0.379 e. The quantitative estimate of drug-likeness (QED) is 0.628. The normalized spacial score (nSPS) is 34.8. The predicted molar refractivity (Wildman–Crippen MR) is 61.7 cm³/mol. The third kappa shape index (κ3) is 3.45. The molecule has 0 aromatic rings. The topological polar surface area (TPSA) is 36.9 Å². The summed E-state index contributed by atoms with van der Waals surface area (Å²) >= 11 is 0. The van der Waals surface area contributed by atoms with Gasteiger partial charge in [-0.25, -0.2) is 0 Å². The summed E-state index contributed by atoms with van der Waals surface area (Å²) in [5.74, 6) is 0. The van der Waals surface area contributed by atoms with Gasteiger partial charge in [0.25, 0.3) is 0 Å². The molecule has 1 fully saturated rings. The van der Waals surface area contributed by atoms with E-state index in [0.29, 0.717) is 13.2 Å². The van der Waals surface area contributed by atoms with E-state index < -0.39 is 6.00 Å². The first-order valence-corrected chi connectivity index (χ1v) is 5.77. The fourth-order valence-electron chi connectivity index (χ4n) is 1.88. The van der Waals surface area contributed by atoms with Crippen LogP contribution in [-0.2, 0) is 18.9 Å². The van der Waals surface area contributed by atoms with E-state index in [2.05, 4.69) is 0 Å². The van der Waals surface area contributed by atoms with Gasteiger partial charge in [-0.2, -0.15) is 0 Å². The van der Waals surface area contributed by atoms with E-state index in [1.54, 1.807) is 7.11 Å². The Morgan fingerprint density at radius 2 is 2.00 bits per heavy atom. The van der Waals surface area contributed by atoms with Gasteiger partial charge in [-0.1, -0.05) is 0 Å².